The number of aromatic nitrogens is 4. The third-order valence-corrected chi connectivity index (χ3v) is 6.72. The summed E-state index contributed by atoms with van der Waals surface area (Å²) >= 11 is 0. The first-order valence-electron chi connectivity index (χ1n) is 12.2. The van der Waals surface area contributed by atoms with Gasteiger partial charge in [0.1, 0.15) is 5.82 Å². The minimum Gasteiger partial charge on any atom is -0.367 e. The highest BCUT2D eigenvalue weighted by molar-refractivity contribution is 5.66. The van der Waals surface area contributed by atoms with E-state index in [1.54, 1.807) is 17.8 Å². The lowest BCUT2D eigenvalue weighted by molar-refractivity contribution is -0.137. The fourth-order valence-corrected chi connectivity index (χ4v) is 4.60. The summed E-state index contributed by atoms with van der Waals surface area (Å²) in [5, 5.41) is 0. The van der Waals surface area contributed by atoms with Crippen LogP contribution in [0, 0.1) is 6.92 Å². The molecule has 0 aliphatic carbocycles. The van der Waals surface area contributed by atoms with E-state index in [2.05, 4.69) is 32.9 Å². The molecule has 0 saturated carbocycles. The fraction of sp³-hybridized carbons (Fsp3) is 0.357. The number of alkyl halides is 3. The number of allylic oxidation sites excluding steroid dienone is 3. The minimum atomic E-state index is -4.46. The van der Waals surface area contributed by atoms with E-state index < -0.39 is 11.7 Å². The largest absolute Gasteiger partial charge is 0.417 e. The maximum Gasteiger partial charge on any atom is 0.417 e. The quantitative estimate of drug-likeness (QED) is 0.412. The molecule has 0 saturated heterocycles. The molecule has 0 unspecified atom stereocenters. The number of fused-ring (bicyclic) bond motifs is 1. The zero-order chi connectivity index (χ0) is 26.9. The zero-order valence-corrected chi connectivity index (χ0v) is 21.6. The number of hydrogen-bond donors (Lipinski definition) is 0. The van der Waals surface area contributed by atoms with Crippen molar-refractivity contribution >= 4 is 5.57 Å². The number of rotatable bonds is 5. The van der Waals surface area contributed by atoms with Gasteiger partial charge in [0.05, 0.1) is 5.56 Å². The molecule has 4 rings (SSSR count). The van der Waals surface area contributed by atoms with Crippen molar-refractivity contribution in [1.29, 1.82) is 0 Å². The van der Waals surface area contributed by atoms with Crippen molar-refractivity contribution in [2.45, 2.75) is 53.3 Å². The van der Waals surface area contributed by atoms with Crippen LogP contribution in [0.15, 0.2) is 58.9 Å². The Bertz CT molecular complexity index is 1450. The summed E-state index contributed by atoms with van der Waals surface area (Å²) in [5.41, 5.74) is 5.64. The Kier molecular flexibility index (Phi) is 7.34. The third-order valence-electron chi connectivity index (χ3n) is 6.72. The van der Waals surface area contributed by atoms with Gasteiger partial charge in [0, 0.05) is 79.4 Å². The fourth-order valence-electron chi connectivity index (χ4n) is 4.60. The second-order valence-corrected chi connectivity index (χ2v) is 9.33. The van der Waals surface area contributed by atoms with E-state index in [0.29, 0.717) is 35.6 Å². The summed E-state index contributed by atoms with van der Waals surface area (Å²) in [6.45, 7) is 9.20. The average Bonchev–Trinajstić information content (AvgIpc) is 2.87. The molecule has 1 aliphatic rings. The molecule has 194 valence electrons. The van der Waals surface area contributed by atoms with Crippen molar-refractivity contribution in [2.24, 2.45) is 7.05 Å². The lowest BCUT2D eigenvalue weighted by Crippen LogP contribution is -2.31. The average molecular weight is 510 g/mol. The highest BCUT2D eigenvalue weighted by Gasteiger charge is 2.31. The van der Waals surface area contributed by atoms with Gasteiger partial charge in [0.2, 0.25) is 0 Å². The molecule has 3 aromatic heterocycles. The summed E-state index contributed by atoms with van der Waals surface area (Å²) < 4.78 is 41.2. The highest BCUT2D eigenvalue weighted by atomic mass is 19.4. The smallest absolute Gasteiger partial charge is 0.367 e. The van der Waals surface area contributed by atoms with Gasteiger partial charge in [-0.2, -0.15) is 13.2 Å². The van der Waals surface area contributed by atoms with Crippen molar-refractivity contribution in [3.63, 3.8) is 0 Å². The summed E-state index contributed by atoms with van der Waals surface area (Å²) in [7, 11) is 1.72. The first-order valence-corrected chi connectivity index (χ1v) is 12.2. The van der Waals surface area contributed by atoms with Gasteiger partial charge < -0.3 is 4.90 Å². The molecule has 0 fully saturated rings. The van der Waals surface area contributed by atoms with Crippen molar-refractivity contribution in [3.8, 4) is 11.1 Å². The predicted octanol–water partition coefficient (Wildman–Crippen LogP) is 5.71. The van der Waals surface area contributed by atoms with E-state index in [-0.39, 0.29) is 5.56 Å². The molecule has 4 heterocycles. The molecular formula is C28H30F3N5O. The molecule has 6 nitrogen and oxygen atoms in total. The van der Waals surface area contributed by atoms with Crippen molar-refractivity contribution in [3.05, 3.63) is 92.8 Å². The van der Waals surface area contributed by atoms with Crippen LogP contribution >= 0.6 is 0 Å². The molecule has 0 amide bonds. The highest BCUT2D eigenvalue weighted by Crippen LogP contribution is 2.33. The van der Waals surface area contributed by atoms with Crippen LogP contribution in [0.4, 0.5) is 13.2 Å². The van der Waals surface area contributed by atoms with Crippen LogP contribution in [0.25, 0.3) is 16.7 Å². The molecule has 9 heteroatoms. The normalized spacial score (nSPS) is 14.9. The Morgan fingerprint density at radius 1 is 1.11 bits per heavy atom. The lowest BCUT2D eigenvalue weighted by atomic mass is 9.98. The SMILES string of the molecule is CC/C=C(/C(C)=C(/C)c1nc(C)cc(=O)n1C)N1CCc2ncc(-c3cncc(C(F)(F)F)c3)cc2C1. The van der Waals surface area contributed by atoms with E-state index in [9.17, 15) is 18.0 Å². The molecular weight excluding hydrogens is 479 g/mol. The first kappa shape index (κ1) is 26.3. The number of halogens is 3. The van der Waals surface area contributed by atoms with Gasteiger partial charge in [-0.05, 0) is 56.0 Å². The number of pyridine rings is 2. The molecule has 0 aromatic carbocycles. The van der Waals surface area contributed by atoms with Gasteiger partial charge >= 0.3 is 6.18 Å². The molecule has 0 atom stereocenters. The van der Waals surface area contributed by atoms with Gasteiger partial charge in [0.25, 0.3) is 5.56 Å². The summed E-state index contributed by atoms with van der Waals surface area (Å²) in [5.74, 6) is 0.628. The van der Waals surface area contributed by atoms with Gasteiger partial charge in [-0.3, -0.25) is 19.3 Å². The van der Waals surface area contributed by atoms with Crippen LogP contribution in [0.5, 0.6) is 0 Å². The van der Waals surface area contributed by atoms with E-state index >= 15 is 0 Å². The maximum absolute atomic E-state index is 13.2. The zero-order valence-electron chi connectivity index (χ0n) is 21.6. The Balaban J connectivity index is 1.69. The van der Waals surface area contributed by atoms with E-state index in [1.807, 2.05) is 26.8 Å². The molecule has 3 aromatic rings. The van der Waals surface area contributed by atoms with Crippen LogP contribution in [-0.4, -0.2) is 31.0 Å². The molecule has 0 bridgehead atoms. The third kappa shape index (κ3) is 5.50. The molecule has 0 spiro atoms. The van der Waals surface area contributed by atoms with Crippen molar-refractivity contribution < 1.29 is 13.2 Å². The van der Waals surface area contributed by atoms with Gasteiger partial charge in [-0.1, -0.05) is 13.0 Å². The predicted molar refractivity (Wildman–Crippen MR) is 137 cm³/mol. The second-order valence-electron chi connectivity index (χ2n) is 9.33. The molecule has 37 heavy (non-hydrogen) atoms. The Hall–Kier alpha value is -3.75. The molecule has 1 aliphatic heterocycles. The van der Waals surface area contributed by atoms with Crippen molar-refractivity contribution in [2.75, 3.05) is 6.54 Å². The summed E-state index contributed by atoms with van der Waals surface area (Å²) in [6, 6.07) is 4.53. The molecule has 0 radical (unpaired) electrons. The van der Waals surface area contributed by atoms with E-state index in [1.165, 1.54) is 12.3 Å². The maximum atomic E-state index is 13.2. The summed E-state index contributed by atoms with van der Waals surface area (Å²) in [6.07, 6.45) is 3.10. The monoisotopic (exact) mass is 509 g/mol. The minimum absolute atomic E-state index is 0.106. The summed E-state index contributed by atoms with van der Waals surface area (Å²) in [4.78, 5) is 27.6. The first-order chi connectivity index (χ1) is 17.5. The van der Waals surface area contributed by atoms with Crippen LogP contribution in [-0.2, 0) is 26.2 Å². The Morgan fingerprint density at radius 2 is 1.84 bits per heavy atom. The molecule has 0 N–H and O–H groups in total. The van der Waals surface area contributed by atoms with Crippen LogP contribution < -0.4 is 5.56 Å². The topological polar surface area (TPSA) is 63.9 Å². The van der Waals surface area contributed by atoms with Crippen molar-refractivity contribution in [1.82, 2.24) is 24.4 Å². The van der Waals surface area contributed by atoms with Crippen LogP contribution in [0.3, 0.4) is 0 Å². The van der Waals surface area contributed by atoms with Gasteiger partial charge in [-0.25, -0.2) is 4.98 Å². The Labute approximate surface area is 214 Å². The van der Waals surface area contributed by atoms with E-state index in [4.69, 9.17) is 0 Å². The number of nitrogens with zero attached hydrogens (tertiary/aromatic N) is 5. The Morgan fingerprint density at radius 3 is 2.54 bits per heavy atom. The number of aryl methyl sites for hydroxylation is 1. The van der Waals surface area contributed by atoms with Crippen LogP contribution in [0.1, 0.15) is 55.5 Å². The lowest BCUT2D eigenvalue weighted by Gasteiger charge is -2.33. The van der Waals surface area contributed by atoms with E-state index in [0.717, 1.165) is 53.3 Å². The second kappa shape index (κ2) is 10.3. The van der Waals surface area contributed by atoms with Gasteiger partial charge in [-0.15, -0.1) is 0 Å². The number of hydrogen-bond acceptors (Lipinski definition) is 5. The van der Waals surface area contributed by atoms with Gasteiger partial charge in [0.15, 0.2) is 0 Å². The standard InChI is InChI=1S/C28H30F3N5O/c1-6-7-25(18(3)19(4)27-34-17(2)10-26(37)35(27)5)36-9-8-24-22(16-36)11-20(14-33-24)21-12-23(15-32-13-21)28(29,30)31/h7,10-15H,6,8-9,16H2,1-5H3/b19-18-,25-7-. The van der Waals surface area contributed by atoms with Crippen LogP contribution in [0.2, 0.25) is 0 Å².